The first-order valence-electron chi connectivity index (χ1n) is 9.49. The topological polar surface area (TPSA) is 156 Å². The summed E-state index contributed by atoms with van der Waals surface area (Å²) in [6.07, 6.45) is 2.40. The predicted molar refractivity (Wildman–Crippen MR) is 101 cm³/mol. The molecule has 2 fully saturated rings. The molecule has 2 aliphatic rings. The molecule has 0 bridgehead atoms. The zero-order valence-electron chi connectivity index (χ0n) is 15.7. The summed E-state index contributed by atoms with van der Waals surface area (Å²) in [5, 5.41) is 30.8. The van der Waals surface area contributed by atoms with Crippen LogP contribution in [-0.2, 0) is 15.0 Å². The molecular formula is C15H31BN4O6S. The van der Waals surface area contributed by atoms with Crippen molar-refractivity contribution in [3.63, 3.8) is 0 Å². The van der Waals surface area contributed by atoms with Gasteiger partial charge in [-0.15, -0.1) is 0 Å². The summed E-state index contributed by atoms with van der Waals surface area (Å²) in [6.45, 7) is 3.25. The van der Waals surface area contributed by atoms with E-state index in [1.54, 1.807) is 6.92 Å². The summed E-state index contributed by atoms with van der Waals surface area (Å²) in [5.74, 6) is -1.83. The standard InChI is InChI=1S/C15H31BN4O6S/c1-2-20(13-6-4-8-18-9-13)27(25,26)19-10-12(5-3-7-16(23)24)15(17,11-19)14(21)22/h12-13,18,23-24H,2-11,17H2,1H3,(H,21,22)/t12-,13+,15-/m0/s1. The molecule has 2 rings (SSSR count). The number of nitrogens with one attached hydrogen (secondary N) is 1. The van der Waals surface area contributed by atoms with Crippen molar-refractivity contribution in [2.24, 2.45) is 11.7 Å². The summed E-state index contributed by atoms with van der Waals surface area (Å²) >= 11 is 0. The van der Waals surface area contributed by atoms with E-state index in [9.17, 15) is 18.3 Å². The molecule has 2 saturated heterocycles. The average Bonchev–Trinajstić information content (AvgIpc) is 2.95. The van der Waals surface area contributed by atoms with E-state index in [0.29, 0.717) is 25.9 Å². The third kappa shape index (κ3) is 5.00. The fourth-order valence-electron chi connectivity index (χ4n) is 4.05. The Hall–Kier alpha value is -0.755. The monoisotopic (exact) mass is 406 g/mol. The molecule has 0 saturated carbocycles. The van der Waals surface area contributed by atoms with Gasteiger partial charge in [0.15, 0.2) is 0 Å². The minimum absolute atomic E-state index is 0.0172. The zero-order chi connectivity index (χ0) is 20.2. The lowest BCUT2D eigenvalue weighted by molar-refractivity contribution is -0.144. The van der Waals surface area contributed by atoms with Crippen LogP contribution in [0.2, 0.25) is 6.32 Å². The maximum Gasteiger partial charge on any atom is 0.451 e. The molecule has 27 heavy (non-hydrogen) atoms. The second-order valence-corrected chi connectivity index (χ2v) is 9.34. The van der Waals surface area contributed by atoms with Crippen molar-refractivity contribution in [2.45, 2.75) is 50.5 Å². The van der Waals surface area contributed by atoms with Gasteiger partial charge < -0.3 is 26.2 Å². The number of carboxylic acid groups (broad SMARTS) is 1. The lowest BCUT2D eigenvalue weighted by atomic mass is 9.78. The van der Waals surface area contributed by atoms with Gasteiger partial charge in [0.25, 0.3) is 10.2 Å². The van der Waals surface area contributed by atoms with Crippen molar-refractivity contribution in [1.82, 2.24) is 13.9 Å². The van der Waals surface area contributed by atoms with E-state index in [1.807, 2.05) is 0 Å². The third-order valence-electron chi connectivity index (χ3n) is 5.62. The summed E-state index contributed by atoms with van der Waals surface area (Å²) in [4.78, 5) is 11.8. The first kappa shape index (κ1) is 22.5. The molecule has 0 amide bonds. The van der Waals surface area contributed by atoms with Crippen LogP contribution in [0.4, 0.5) is 0 Å². The Bertz CT molecular complexity index is 615. The molecule has 156 valence electrons. The Labute approximate surface area is 161 Å². The van der Waals surface area contributed by atoms with Crippen LogP contribution in [0.1, 0.15) is 32.6 Å². The normalized spacial score (nSPS) is 30.0. The van der Waals surface area contributed by atoms with E-state index in [4.69, 9.17) is 15.8 Å². The number of likely N-dealkylation sites (N-methyl/N-ethyl adjacent to an activating group) is 1. The first-order chi connectivity index (χ1) is 12.6. The summed E-state index contributed by atoms with van der Waals surface area (Å²) in [5.41, 5.74) is 4.43. The minimum atomic E-state index is -3.84. The molecule has 6 N–H and O–H groups in total. The van der Waals surface area contributed by atoms with Crippen LogP contribution in [0.3, 0.4) is 0 Å². The van der Waals surface area contributed by atoms with Gasteiger partial charge in [-0.1, -0.05) is 13.3 Å². The molecule has 2 heterocycles. The van der Waals surface area contributed by atoms with Crippen LogP contribution in [-0.4, -0.2) is 89.6 Å². The molecule has 0 spiro atoms. The molecule has 0 radical (unpaired) electrons. The fourth-order valence-corrected chi connectivity index (χ4v) is 5.97. The van der Waals surface area contributed by atoms with Crippen molar-refractivity contribution < 1.29 is 28.4 Å². The molecule has 0 aliphatic carbocycles. The number of nitrogens with two attached hydrogens (primary N) is 1. The number of nitrogens with zero attached hydrogens (tertiary/aromatic N) is 2. The van der Waals surface area contributed by atoms with Gasteiger partial charge in [-0.3, -0.25) is 4.79 Å². The van der Waals surface area contributed by atoms with E-state index in [2.05, 4.69) is 5.32 Å². The van der Waals surface area contributed by atoms with Crippen molar-refractivity contribution in [2.75, 3.05) is 32.7 Å². The van der Waals surface area contributed by atoms with Crippen LogP contribution >= 0.6 is 0 Å². The molecule has 12 heteroatoms. The number of hydrogen-bond acceptors (Lipinski definition) is 7. The highest BCUT2D eigenvalue weighted by Gasteiger charge is 2.53. The molecule has 0 aromatic heterocycles. The van der Waals surface area contributed by atoms with Crippen LogP contribution in [0.5, 0.6) is 0 Å². The number of hydrogen-bond donors (Lipinski definition) is 5. The fraction of sp³-hybridized carbons (Fsp3) is 0.933. The van der Waals surface area contributed by atoms with Gasteiger partial charge >= 0.3 is 13.1 Å². The molecule has 0 unspecified atom stereocenters. The molecule has 3 atom stereocenters. The zero-order valence-corrected chi connectivity index (χ0v) is 16.6. The van der Waals surface area contributed by atoms with E-state index < -0.39 is 34.8 Å². The Morgan fingerprint density at radius 2 is 2.15 bits per heavy atom. The quantitative estimate of drug-likeness (QED) is 0.283. The maximum absolute atomic E-state index is 13.2. The highest BCUT2D eigenvalue weighted by atomic mass is 32.2. The lowest BCUT2D eigenvalue weighted by Crippen LogP contribution is -2.56. The molecule has 2 aliphatic heterocycles. The van der Waals surface area contributed by atoms with Crippen molar-refractivity contribution >= 4 is 23.3 Å². The molecule has 10 nitrogen and oxygen atoms in total. The maximum atomic E-state index is 13.2. The van der Waals surface area contributed by atoms with Crippen LogP contribution in [0.15, 0.2) is 0 Å². The molecule has 0 aromatic carbocycles. The Morgan fingerprint density at radius 1 is 1.44 bits per heavy atom. The van der Waals surface area contributed by atoms with E-state index >= 15 is 0 Å². The lowest BCUT2D eigenvalue weighted by Gasteiger charge is -2.35. The first-order valence-corrected chi connectivity index (χ1v) is 10.9. The number of rotatable bonds is 9. The minimum Gasteiger partial charge on any atom is -0.480 e. The number of aliphatic carboxylic acids is 1. The highest BCUT2D eigenvalue weighted by molar-refractivity contribution is 7.86. The van der Waals surface area contributed by atoms with Gasteiger partial charge in [0.2, 0.25) is 0 Å². The van der Waals surface area contributed by atoms with Gasteiger partial charge in [-0.2, -0.15) is 17.0 Å². The Kier molecular flexibility index (Phi) is 7.65. The van der Waals surface area contributed by atoms with Crippen molar-refractivity contribution in [3.8, 4) is 0 Å². The Balaban J connectivity index is 2.17. The van der Waals surface area contributed by atoms with Crippen molar-refractivity contribution in [3.05, 3.63) is 0 Å². The predicted octanol–water partition coefficient (Wildman–Crippen LogP) is -1.73. The van der Waals surface area contributed by atoms with E-state index in [1.165, 1.54) is 8.61 Å². The van der Waals surface area contributed by atoms with Gasteiger partial charge in [-0.25, -0.2) is 0 Å². The summed E-state index contributed by atoms with van der Waals surface area (Å²) < 4.78 is 29.0. The van der Waals surface area contributed by atoms with Gasteiger partial charge in [0.1, 0.15) is 5.54 Å². The van der Waals surface area contributed by atoms with Crippen molar-refractivity contribution in [1.29, 1.82) is 0 Å². The third-order valence-corrected chi connectivity index (χ3v) is 7.70. The van der Waals surface area contributed by atoms with Crippen LogP contribution in [0.25, 0.3) is 0 Å². The second kappa shape index (κ2) is 9.16. The summed E-state index contributed by atoms with van der Waals surface area (Å²) in [7, 11) is -5.32. The van der Waals surface area contributed by atoms with Crippen LogP contribution < -0.4 is 11.1 Å². The number of piperidine rings is 1. The molecule has 0 aromatic rings. The van der Waals surface area contributed by atoms with E-state index in [-0.39, 0.29) is 25.5 Å². The van der Waals surface area contributed by atoms with Crippen LogP contribution in [0, 0.1) is 5.92 Å². The van der Waals surface area contributed by atoms with E-state index in [0.717, 1.165) is 19.4 Å². The highest BCUT2D eigenvalue weighted by Crippen LogP contribution is 2.33. The average molecular weight is 406 g/mol. The number of carbonyl (C=O) groups is 1. The Morgan fingerprint density at radius 3 is 2.67 bits per heavy atom. The summed E-state index contributed by atoms with van der Waals surface area (Å²) in [6, 6.07) is -0.158. The largest absolute Gasteiger partial charge is 0.480 e. The molecular weight excluding hydrogens is 375 g/mol. The van der Waals surface area contributed by atoms with Gasteiger partial charge in [0.05, 0.1) is 0 Å². The smallest absolute Gasteiger partial charge is 0.451 e. The number of carboxylic acids is 1. The van der Waals surface area contributed by atoms with Gasteiger partial charge in [0, 0.05) is 38.1 Å². The van der Waals surface area contributed by atoms with Gasteiger partial charge in [-0.05, 0) is 32.1 Å². The SMILES string of the molecule is CCN([C@@H]1CCCNC1)S(=O)(=O)N1C[C@H](CCCB(O)O)[C@](N)(C(=O)O)C1. The second-order valence-electron chi connectivity index (χ2n) is 7.46.